The van der Waals surface area contributed by atoms with Gasteiger partial charge in [-0.1, -0.05) is 69.0 Å². The fourth-order valence-corrected chi connectivity index (χ4v) is 4.59. The molecule has 186 valence electrons. The maximum atomic E-state index is 10.6. The van der Waals surface area contributed by atoms with Crippen LogP contribution in [0, 0.1) is 0 Å². The molecule has 0 heterocycles. The van der Waals surface area contributed by atoms with Gasteiger partial charge in [-0.25, -0.2) is 0 Å². The first-order valence-electron chi connectivity index (χ1n) is 12.7. The highest BCUT2D eigenvalue weighted by atomic mass is 16.5. The maximum Gasteiger partial charge on any atom is 0.303 e. The van der Waals surface area contributed by atoms with Crippen LogP contribution in [-0.4, -0.2) is 25.3 Å². The number of benzene rings is 2. The number of hydrogen-bond donors (Lipinski definition) is 1. The lowest BCUT2D eigenvalue weighted by Gasteiger charge is -2.27. The Kier molecular flexibility index (Phi) is 12.9. The van der Waals surface area contributed by atoms with Crippen LogP contribution < -0.4 is 9.47 Å². The second-order valence-corrected chi connectivity index (χ2v) is 8.93. The highest BCUT2D eigenvalue weighted by Gasteiger charge is 2.22. The van der Waals surface area contributed by atoms with Crippen LogP contribution in [0.1, 0.15) is 94.1 Å². The first-order valence-corrected chi connectivity index (χ1v) is 12.7. The summed E-state index contributed by atoms with van der Waals surface area (Å²) in [5.41, 5.74) is 2.69. The van der Waals surface area contributed by atoms with Crippen molar-refractivity contribution in [3.63, 3.8) is 0 Å². The molecule has 2 unspecified atom stereocenters. The first kappa shape index (κ1) is 27.5. The lowest BCUT2D eigenvalue weighted by Crippen LogP contribution is -2.11. The predicted octanol–water partition coefficient (Wildman–Crippen LogP) is 8.13. The van der Waals surface area contributed by atoms with Crippen LogP contribution in [0.3, 0.4) is 0 Å². The van der Waals surface area contributed by atoms with Gasteiger partial charge in [-0.2, -0.15) is 0 Å². The first-order chi connectivity index (χ1) is 16.6. The molecule has 0 aromatic heterocycles. The molecule has 2 aromatic carbocycles. The standard InChI is InChI=1S/C30H42O4/c1-4-28(24-16-20-26(33-2)21-17-24)29(25-18-22-27(34-3)23-19-25)14-12-10-8-6-5-7-9-11-13-15-30(31)32/h10,12,16-23,28-29H,4-9,11,13-15H2,1-3H3,(H,31,32). The molecule has 4 nitrogen and oxygen atoms in total. The summed E-state index contributed by atoms with van der Waals surface area (Å²) < 4.78 is 10.7. The summed E-state index contributed by atoms with van der Waals surface area (Å²) in [6.45, 7) is 2.27. The minimum atomic E-state index is -0.685. The molecule has 34 heavy (non-hydrogen) atoms. The molecular weight excluding hydrogens is 424 g/mol. The Bertz CT molecular complexity index is 839. The van der Waals surface area contributed by atoms with Gasteiger partial charge in [0, 0.05) is 6.42 Å². The van der Waals surface area contributed by atoms with Gasteiger partial charge >= 0.3 is 5.97 Å². The fourth-order valence-electron chi connectivity index (χ4n) is 4.59. The number of rotatable bonds is 17. The van der Waals surface area contributed by atoms with Crippen LogP contribution in [0.4, 0.5) is 0 Å². The zero-order chi connectivity index (χ0) is 24.6. The van der Waals surface area contributed by atoms with Crippen LogP contribution in [0.2, 0.25) is 0 Å². The average Bonchev–Trinajstić information content (AvgIpc) is 2.86. The molecule has 0 fully saturated rings. The van der Waals surface area contributed by atoms with E-state index in [9.17, 15) is 4.79 Å². The average molecular weight is 467 g/mol. The molecule has 4 heteroatoms. The number of carboxylic acids is 1. The summed E-state index contributed by atoms with van der Waals surface area (Å²) in [5, 5.41) is 8.69. The zero-order valence-corrected chi connectivity index (χ0v) is 21.2. The van der Waals surface area contributed by atoms with Gasteiger partial charge in [0.2, 0.25) is 0 Å². The summed E-state index contributed by atoms with van der Waals surface area (Å²) in [5.74, 6) is 1.92. The van der Waals surface area contributed by atoms with E-state index in [1.54, 1.807) is 14.2 Å². The fraction of sp³-hybridized carbons (Fsp3) is 0.500. The topological polar surface area (TPSA) is 55.8 Å². The van der Waals surface area contributed by atoms with Crippen molar-refractivity contribution in [2.45, 2.75) is 83.0 Å². The normalized spacial score (nSPS) is 13.0. The van der Waals surface area contributed by atoms with Crippen LogP contribution in [-0.2, 0) is 4.79 Å². The minimum Gasteiger partial charge on any atom is -0.497 e. The van der Waals surface area contributed by atoms with Gasteiger partial charge in [0.05, 0.1) is 14.2 Å². The van der Waals surface area contributed by atoms with E-state index in [-0.39, 0.29) is 0 Å². The van der Waals surface area contributed by atoms with Gasteiger partial charge in [0.1, 0.15) is 11.5 Å². The maximum absolute atomic E-state index is 10.6. The number of hydrogen-bond acceptors (Lipinski definition) is 3. The van der Waals surface area contributed by atoms with Gasteiger partial charge in [0.25, 0.3) is 0 Å². The Labute approximate surface area is 206 Å². The van der Waals surface area contributed by atoms with E-state index in [2.05, 4.69) is 67.6 Å². The number of methoxy groups -OCH3 is 2. The smallest absolute Gasteiger partial charge is 0.303 e. The molecule has 0 spiro atoms. The summed E-state index contributed by atoms with van der Waals surface area (Å²) in [6, 6.07) is 17.0. The number of carboxylic acid groups (broad SMARTS) is 1. The summed E-state index contributed by atoms with van der Waals surface area (Å²) in [6.07, 6.45) is 14.7. The monoisotopic (exact) mass is 466 g/mol. The summed E-state index contributed by atoms with van der Waals surface area (Å²) >= 11 is 0. The minimum absolute atomic E-state index is 0.299. The molecule has 2 rings (SSSR count). The van der Waals surface area contributed by atoms with Gasteiger partial charge in [0.15, 0.2) is 0 Å². The van der Waals surface area contributed by atoms with Gasteiger partial charge in [-0.3, -0.25) is 4.79 Å². The third kappa shape index (κ3) is 9.62. The molecule has 0 radical (unpaired) electrons. The SMILES string of the molecule is CCC(c1ccc(OC)cc1)C(CC=CCCCCCCCCC(=O)O)c1ccc(OC)cc1. The quantitative estimate of drug-likeness (QED) is 0.189. The zero-order valence-electron chi connectivity index (χ0n) is 21.2. The van der Waals surface area contributed by atoms with Crippen LogP contribution >= 0.6 is 0 Å². The van der Waals surface area contributed by atoms with E-state index >= 15 is 0 Å². The third-order valence-electron chi connectivity index (χ3n) is 6.58. The van der Waals surface area contributed by atoms with Crippen molar-refractivity contribution in [2.75, 3.05) is 14.2 Å². The van der Waals surface area contributed by atoms with Crippen LogP contribution in [0.5, 0.6) is 11.5 Å². The molecule has 2 aromatic rings. The Hall–Kier alpha value is -2.75. The van der Waals surface area contributed by atoms with E-state index in [0.29, 0.717) is 18.3 Å². The Morgan fingerprint density at radius 3 is 1.76 bits per heavy atom. The van der Waals surface area contributed by atoms with E-state index in [4.69, 9.17) is 14.6 Å². The molecule has 0 bridgehead atoms. The Balaban J connectivity index is 1.93. The summed E-state index contributed by atoms with van der Waals surface area (Å²) in [7, 11) is 3.41. The van der Waals surface area contributed by atoms with Crippen molar-refractivity contribution in [3.05, 3.63) is 71.8 Å². The Morgan fingerprint density at radius 2 is 1.26 bits per heavy atom. The van der Waals surface area contributed by atoms with Crippen LogP contribution in [0.25, 0.3) is 0 Å². The number of aliphatic carboxylic acids is 1. The molecule has 0 aliphatic rings. The van der Waals surface area contributed by atoms with Crippen molar-refractivity contribution in [1.82, 2.24) is 0 Å². The van der Waals surface area contributed by atoms with Gasteiger partial charge in [-0.05, 0) is 79.3 Å². The lowest BCUT2D eigenvalue weighted by atomic mass is 9.78. The van der Waals surface area contributed by atoms with Gasteiger partial charge in [-0.15, -0.1) is 0 Å². The molecule has 0 amide bonds. The molecule has 0 aliphatic heterocycles. The number of carbonyl (C=O) groups is 1. The molecule has 2 atom stereocenters. The Morgan fingerprint density at radius 1 is 0.765 bits per heavy atom. The highest BCUT2D eigenvalue weighted by molar-refractivity contribution is 5.66. The number of allylic oxidation sites excluding steroid dienone is 2. The molecular formula is C30H42O4. The molecule has 0 saturated carbocycles. The van der Waals surface area contributed by atoms with E-state index in [1.807, 2.05) is 0 Å². The largest absolute Gasteiger partial charge is 0.497 e. The van der Waals surface area contributed by atoms with Crippen molar-refractivity contribution in [1.29, 1.82) is 0 Å². The van der Waals surface area contributed by atoms with E-state index in [0.717, 1.165) is 50.0 Å². The van der Waals surface area contributed by atoms with Crippen molar-refractivity contribution in [2.24, 2.45) is 0 Å². The van der Waals surface area contributed by atoms with Crippen molar-refractivity contribution >= 4 is 5.97 Å². The molecule has 0 aliphatic carbocycles. The number of unbranched alkanes of at least 4 members (excludes halogenated alkanes) is 6. The van der Waals surface area contributed by atoms with Crippen LogP contribution in [0.15, 0.2) is 60.7 Å². The lowest BCUT2D eigenvalue weighted by molar-refractivity contribution is -0.137. The molecule has 0 saturated heterocycles. The second kappa shape index (κ2) is 16.0. The van der Waals surface area contributed by atoms with Crippen molar-refractivity contribution < 1.29 is 19.4 Å². The second-order valence-electron chi connectivity index (χ2n) is 8.93. The highest BCUT2D eigenvalue weighted by Crippen LogP contribution is 2.39. The van der Waals surface area contributed by atoms with Crippen molar-refractivity contribution in [3.8, 4) is 11.5 Å². The summed E-state index contributed by atoms with van der Waals surface area (Å²) in [4.78, 5) is 10.6. The van der Waals surface area contributed by atoms with Gasteiger partial charge < -0.3 is 14.6 Å². The molecule has 1 N–H and O–H groups in total. The van der Waals surface area contributed by atoms with E-state index in [1.165, 1.54) is 30.4 Å². The third-order valence-corrected chi connectivity index (χ3v) is 6.58. The number of ether oxygens (including phenoxy) is 2. The predicted molar refractivity (Wildman–Crippen MR) is 140 cm³/mol. The van der Waals surface area contributed by atoms with E-state index < -0.39 is 5.97 Å².